The molecule has 0 bridgehead atoms. The van der Waals surface area contributed by atoms with E-state index in [1.165, 1.54) is 37.9 Å². The molecule has 0 aromatic carbocycles. The van der Waals surface area contributed by atoms with E-state index in [0.717, 1.165) is 5.92 Å². The Morgan fingerprint density at radius 2 is 2.36 bits per heavy atom. The lowest BCUT2D eigenvalue weighted by Crippen LogP contribution is -2.16. The minimum atomic E-state index is 0.716. The van der Waals surface area contributed by atoms with Crippen molar-refractivity contribution in [1.29, 1.82) is 0 Å². The highest BCUT2D eigenvalue weighted by Gasteiger charge is 2.24. The van der Waals surface area contributed by atoms with Crippen molar-refractivity contribution < 1.29 is 0 Å². The van der Waals surface area contributed by atoms with Gasteiger partial charge in [0.2, 0.25) is 0 Å². The maximum Gasteiger partial charge on any atom is 0.111 e. The lowest BCUT2D eigenvalue weighted by molar-refractivity contribution is 0.304. The Morgan fingerprint density at radius 1 is 1.50 bits per heavy atom. The van der Waals surface area contributed by atoms with Crippen molar-refractivity contribution in [2.75, 3.05) is 0 Å². The molecule has 1 aromatic rings. The van der Waals surface area contributed by atoms with Gasteiger partial charge in [0.15, 0.2) is 0 Å². The maximum atomic E-state index is 4.47. The van der Waals surface area contributed by atoms with Crippen molar-refractivity contribution in [3.63, 3.8) is 0 Å². The number of hydrogen-bond acceptors (Lipinski definition) is 1. The van der Waals surface area contributed by atoms with Crippen LogP contribution in [0.15, 0.2) is 12.4 Å². The molecule has 1 aliphatic rings. The predicted molar refractivity (Wildman–Crippen MR) is 58.2 cm³/mol. The largest absolute Gasteiger partial charge is 0.338 e. The summed E-state index contributed by atoms with van der Waals surface area (Å²) in [6.07, 6.45) is 10.8. The lowest BCUT2D eigenvalue weighted by Gasteiger charge is -2.27. The summed E-state index contributed by atoms with van der Waals surface area (Å²) in [6.45, 7) is 2.31. The summed E-state index contributed by atoms with van der Waals surface area (Å²) in [6, 6.07) is 0. The van der Waals surface area contributed by atoms with Crippen molar-refractivity contribution in [1.82, 2.24) is 9.55 Å². The summed E-state index contributed by atoms with van der Waals surface area (Å²) in [4.78, 5) is 4.47. The molecule has 1 heterocycles. The average Bonchev–Trinajstić information content (AvgIpc) is 2.65. The normalized spacial score (nSPS) is 27.9. The predicted octanol–water partition coefficient (Wildman–Crippen LogP) is 3.10. The quantitative estimate of drug-likeness (QED) is 0.704. The number of imidazole rings is 1. The van der Waals surface area contributed by atoms with Crippen LogP contribution in [0.25, 0.3) is 0 Å². The van der Waals surface area contributed by atoms with Crippen LogP contribution in [0.4, 0.5) is 0 Å². The monoisotopic (exact) mass is 192 g/mol. The van der Waals surface area contributed by atoms with Gasteiger partial charge in [-0.1, -0.05) is 26.2 Å². The zero-order valence-corrected chi connectivity index (χ0v) is 9.24. The summed E-state index contributed by atoms with van der Waals surface area (Å²) < 4.78 is 2.18. The molecule has 2 nitrogen and oxygen atoms in total. The number of rotatable bonds is 2. The van der Waals surface area contributed by atoms with Crippen LogP contribution in [-0.4, -0.2) is 9.55 Å². The first-order valence-electron chi connectivity index (χ1n) is 5.78. The van der Waals surface area contributed by atoms with E-state index in [-0.39, 0.29) is 0 Å². The van der Waals surface area contributed by atoms with Gasteiger partial charge in [0.05, 0.1) is 0 Å². The van der Waals surface area contributed by atoms with E-state index in [1.54, 1.807) is 0 Å². The van der Waals surface area contributed by atoms with Crippen LogP contribution in [0.5, 0.6) is 0 Å². The second-order valence-corrected chi connectivity index (χ2v) is 4.53. The molecule has 0 amide bonds. The average molecular weight is 192 g/mol. The van der Waals surface area contributed by atoms with Crippen LogP contribution in [0.3, 0.4) is 0 Å². The second-order valence-electron chi connectivity index (χ2n) is 4.53. The highest BCUT2D eigenvalue weighted by molar-refractivity contribution is 5.01. The van der Waals surface area contributed by atoms with Gasteiger partial charge in [-0.25, -0.2) is 4.98 Å². The highest BCUT2D eigenvalue weighted by atomic mass is 15.0. The molecule has 1 saturated carbocycles. The Kier molecular flexibility index (Phi) is 2.90. The van der Waals surface area contributed by atoms with Gasteiger partial charge in [-0.15, -0.1) is 0 Å². The fourth-order valence-electron chi connectivity index (χ4n) is 2.67. The van der Waals surface area contributed by atoms with E-state index in [0.29, 0.717) is 5.92 Å². The number of hydrogen-bond donors (Lipinski definition) is 0. The topological polar surface area (TPSA) is 17.8 Å². The van der Waals surface area contributed by atoms with Crippen LogP contribution in [0.1, 0.15) is 50.8 Å². The molecule has 1 aromatic heterocycles. The van der Waals surface area contributed by atoms with E-state index in [9.17, 15) is 0 Å². The van der Waals surface area contributed by atoms with Gasteiger partial charge in [0.25, 0.3) is 0 Å². The molecule has 2 heteroatoms. The third-order valence-corrected chi connectivity index (χ3v) is 3.58. The Morgan fingerprint density at radius 3 is 3.00 bits per heavy atom. The fourth-order valence-corrected chi connectivity index (χ4v) is 2.67. The molecule has 78 valence electrons. The van der Waals surface area contributed by atoms with Gasteiger partial charge in [-0.2, -0.15) is 0 Å². The van der Waals surface area contributed by atoms with Crippen molar-refractivity contribution in [3.8, 4) is 0 Å². The second kappa shape index (κ2) is 4.16. The Labute approximate surface area is 86.3 Å². The van der Waals surface area contributed by atoms with Crippen LogP contribution in [0.2, 0.25) is 0 Å². The third kappa shape index (κ3) is 1.84. The van der Waals surface area contributed by atoms with Crippen molar-refractivity contribution >= 4 is 0 Å². The van der Waals surface area contributed by atoms with Gasteiger partial charge >= 0.3 is 0 Å². The molecule has 1 aliphatic carbocycles. The van der Waals surface area contributed by atoms with Gasteiger partial charge < -0.3 is 4.57 Å². The van der Waals surface area contributed by atoms with Gasteiger partial charge in [0.1, 0.15) is 5.82 Å². The molecule has 0 spiro atoms. The molecule has 0 N–H and O–H groups in total. The van der Waals surface area contributed by atoms with E-state index in [2.05, 4.69) is 29.7 Å². The summed E-state index contributed by atoms with van der Waals surface area (Å²) in [7, 11) is 2.11. The number of nitrogens with zero attached hydrogens (tertiary/aromatic N) is 2. The highest BCUT2D eigenvalue weighted by Crippen LogP contribution is 2.36. The van der Waals surface area contributed by atoms with Crippen LogP contribution in [0, 0.1) is 5.92 Å². The van der Waals surface area contributed by atoms with E-state index >= 15 is 0 Å². The van der Waals surface area contributed by atoms with Gasteiger partial charge in [0, 0.05) is 25.4 Å². The van der Waals surface area contributed by atoms with Crippen molar-refractivity contribution in [2.24, 2.45) is 13.0 Å². The van der Waals surface area contributed by atoms with Crippen molar-refractivity contribution in [2.45, 2.75) is 44.9 Å². The minimum absolute atomic E-state index is 0.716. The molecule has 2 atom stereocenters. The zero-order chi connectivity index (χ0) is 9.97. The SMILES string of the molecule is CC[C@@H]1CCC[C@H](c2nccn2C)C1. The Hall–Kier alpha value is -0.790. The van der Waals surface area contributed by atoms with Crippen molar-refractivity contribution in [3.05, 3.63) is 18.2 Å². The van der Waals surface area contributed by atoms with E-state index in [1.807, 2.05) is 6.20 Å². The first-order valence-corrected chi connectivity index (χ1v) is 5.78. The molecule has 0 radical (unpaired) electrons. The molecular weight excluding hydrogens is 172 g/mol. The third-order valence-electron chi connectivity index (χ3n) is 3.58. The smallest absolute Gasteiger partial charge is 0.111 e. The first kappa shape index (κ1) is 9.75. The molecule has 0 aliphatic heterocycles. The molecular formula is C12H20N2. The Bertz CT molecular complexity index is 290. The lowest BCUT2D eigenvalue weighted by atomic mass is 9.80. The minimum Gasteiger partial charge on any atom is -0.338 e. The summed E-state index contributed by atoms with van der Waals surface area (Å²) in [5, 5.41) is 0. The summed E-state index contributed by atoms with van der Waals surface area (Å²) in [5.74, 6) is 2.95. The Balaban J connectivity index is 2.08. The van der Waals surface area contributed by atoms with Gasteiger partial charge in [-0.3, -0.25) is 0 Å². The fraction of sp³-hybridized carbons (Fsp3) is 0.750. The molecule has 2 rings (SSSR count). The first-order chi connectivity index (χ1) is 6.81. The number of aryl methyl sites for hydroxylation is 1. The van der Waals surface area contributed by atoms with E-state index in [4.69, 9.17) is 0 Å². The molecule has 0 unspecified atom stereocenters. The van der Waals surface area contributed by atoms with Gasteiger partial charge in [-0.05, 0) is 18.8 Å². The van der Waals surface area contributed by atoms with E-state index < -0.39 is 0 Å². The summed E-state index contributed by atoms with van der Waals surface area (Å²) >= 11 is 0. The summed E-state index contributed by atoms with van der Waals surface area (Å²) in [5.41, 5.74) is 0. The number of aromatic nitrogens is 2. The molecule has 14 heavy (non-hydrogen) atoms. The molecule has 0 saturated heterocycles. The standard InChI is InChI=1S/C12H20N2/c1-3-10-5-4-6-11(9-10)12-13-7-8-14(12)2/h7-8,10-11H,3-6,9H2,1-2H3/t10-,11+/m1/s1. The maximum absolute atomic E-state index is 4.47. The van der Waals surface area contributed by atoms with Crippen LogP contribution in [-0.2, 0) is 7.05 Å². The van der Waals surface area contributed by atoms with Crippen LogP contribution >= 0.6 is 0 Å². The zero-order valence-electron chi connectivity index (χ0n) is 9.24. The molecule has 1 fully saturated rings. The van der Waals surface area contributed by atoms with Crippen LogP contribution < -0.4 is 0 Å².